The SMILES string of the molecule is Cc1ccc(C(=O)NC(=O)c2ccccc2N=NN=P(c2ccccc2)(c2ccccc2)c2ccccc2)cc1. The number of benzene rings is 5. The summed E-state index contributed by atoms with van der Waals surface area (Å²) < 4.78 is 0. The first kappa shape index (κ1) is 26.7. The van der Waals surface area contributed by atoms with Crippen molar-refractivity contribution in [2.75, 3.05) is 0 Å². The van der Waals surface area contributed by atoms with Crippen LogP contribution in [0.3, 0.4) is 0 Å². The van der Waals surface area contributed by atoms with Gasteiger partial charge in [0.2, 0.25) is 0 Å². The summed E-state index contributed by atoms with van der Waals surface area (Å²) in [4.78, 5) is 30.7. The summed E-state index contributed by atoms with van der Waals surface area (Å²) in [6.45, 7) is 1.93. The lowest BCUT2D eigenvalue weighted by Gasteiger charge is -2.24. The Morgan fingerprint density at radius 1 is 0.575 bits per heavy atom. The molecule has 0 radical (unpaired) electrons. The first-order valence-corrected chi connectivity index (χ1v) is 14.5. The molecule has 0 saturated heterocycles. The van der Waals surface area contributed by atoms with Crippen molar-refractivity contribution in [2.24, 2.45) is 15.2 Å². The van der Waals surface area contributed by atoms with E-state index in [0.717, 1.165) is 21.5 Å². The first-order valence-electron chi connectivity index (χ1n) is 12.8. The van der Waals surface area contributed by atoms with E-state index in [1.54, 1.807) is 36.4 Å². The maximum Gasteiger partial charge on any atom is 0.260 e. The Labute approximate surface area is 233 Å². The summed E-state index contributed by atoms with van der Waals surface area (Å²) >= 11 is 0. The Bertz CT molecular complexity index is 1600. The van der Waals surface area contributed by atoms with Crippen molar-refractivity contribution in [2.45, 2.75) is 6.92 Å². The molecule has 0 atom stereocenters. The van der Waals surface area contributed by atoms with Gasteiger partial charge in [0.15, 0.2) is 0 Å². The molecule has 5 rings (SSSR count). The lowest BCUT2D eigenvalue weighted by Crippen LogP contribution is -2.30. The zero-order valence-corrected chi connectivity index (χ0v) is 22.8. The third-order valence-electron chi connectivity index (χ3n) is 6.41. The van der Waals surface area contributed by atoms with E-state index < -0.39 is 18.9 Å². The molecule has 0 bridgehead atoms. The highest BCUT2D eigenvalue weighted by molar-refractivity contribution is 7.87. The molecule has 0 aliphatic heterocycles. The molecule has 0 fully saturated rings. The number of carbonyl (C=O) groups excluding carboxylic acids is 2. The molecule has 2 amide bonds. The van der Waals surface area contributed by atoms with Crippen molar-refractivity contribution in [3.63, 3.8) is 0 Å². The zero-order chi connectivity index (χ0) is 27.8. The molecule has 0 spiro atoms. The van der Waals surface area contributed by atoms with Crippen molar-refractivity contribution >= 4 is 40.5 Å². The molecular formula is C33H27N4O2P. The standard InChI is InChI=1S/C33H27N4O2P/c1-25-21-23-26(24-22-25)32(38)34-33(39)30-19-11-12-20-31(30)35-36-37-40(27-13-5-2-6-14-27,28-15-7-3-8-16-28)29-17-9-4-10-18-29/h2-24H,1H3,(H,34,38,39). The van der Waals surface area contributed by atoms with Crippen LogP contribution in [0.5, 0.6) is 0 Å². The normalized spacial score (nSPS) is 11.2. The van der Waals surface area contributed by atoms with Gasteiger partial charge in [-0.15, -0.1) is 9.97 Å². The maximum atomic E-state index is 13.1. The lowest BCUT2D eigenvalue weighted by atomic mass is 10.1. The van der Waals surface area contributed by atoms with Crippen LogP contribution in [0.1, 0.15) is 26.3 Å². The van der Waals surface area contributed by atoms with Crippen LogP contribution >= 0.6 is 7.05 Å². The van der Waals surface area contributed by atoms with E-state index in [0.29, 0.717) is 11.3 Å². The van der Waals surface area contributed by atoms with Gasteiger partial charge in [-0.2, -0.15) is 0 Å². The van der Waals surface area contributed by atoms with Crippen LogP contribution in [0.2, 0.25) is 0 Å². The molecule has 0 saturated carbocycles. The molecule has 5 aromatic rings. The fraction of sp³-hybridized carbons (Fsp3) is 0.0303. The van der Waals surface area contributed by atoms with Gasteiger partial charge < -0.3 is 0 Å². The molecule has 0 aromatic heterocycles. The molecule has 7 heteroatoms. The molecule has 196 valence electrons. The number of rotatable bonds is 7. The predicted molar refractivity (Wildman–Crippen MR) is 162 cm³/mol. The second-order valence-electron chi connectivity index (χ2n) is 9.09. The van der Waals surface area contributed by atoms with E-state index >= 15 is 0 Å². The lowest BCUT2D eigenvalue weighted by molar-refractivity contribution is 0.0849. The average Bonchev–Trinajstić information content (AvgIpc) is 3.01. The quantitative estimate of drug-likeness (QED) is 0.107. The van der Waals surface area contributed by atoms with Crippen LogP contribution in [0.15, 0.2) is 155 Å². The third-order valence-corrected chi connectivity index (χ3v) is 9.89. The number of amides is 2. The number of hydrogen-bond acceptors (Lipinski definition) is 3. The van der Waals surface area contributed by atoms with Crippen molar-refractivity contribution in [3.8, 4) is 0 Å². The second-order valence-corrected chi connectivity index (χ2v) is 12.1. The van der Waals surface area contributed by atoms with E-state index in [9.17, 15) is 9.59 Å². The van der Waals surface area contributed by atoms with E-state index in [4.69, 9.17) is 4.85 Å². The molecule has 6 nitrogen and oxygen atoms in total. The van der Waals surface area contributed by atoms with Crippen molar-refractivity contribution in [1.82, 2.24) is 5.32 Å². The summed E-state index contributed by atoms with van der Waals surface area (Å²) in [7, 11) is -2.59. The molecule has 40 heavy (non-hydrogen) atoms. The molecule has 0 aliphatic carbocycles. The topological polar surface area (TPSA) is 83.2 Å². The fourth-order valence-electron chi connectivity index (χ4n) is 4.36. The van der Waals surface area contributed by atoms with Crippen LogP contribution in [0.4, 0.5) is 5.69 Å². The maximum absolute atomic E-state index is 13.1. The van der Waals surface area contributed by atoms with Crippen molar-refractivity contribution in [1.29, 1.82) is 0 Å². The van der Waals surface area contributed by atoms with Gasteiger partial charge in [0, 0.05) is 21.5 Å². The highest BCUT2D eigenvalue weighted by Crippen LogP contribution is 2.46. The Morgan fingerprint density at radius 3 is 1.57 bits per heavy atom. The molecule has 1 N–H and O–H groups in total. The minimum absolute atomic E-state index is 0.227. The summed E-state index contributed by atoms with van der Waals surface area (Å²) in [5.41, 5.74) is 1.96. The van der Waals surface area contributed by atoms with Crippen LogP contribution in [0, 0.1) is 6.92 Å². The molecule has 0 aliphatic rings. The smallest absolute Gasteiger partial charge is 0.260 e. The zero-order valence-electron chi connectivity index (χ0n) is 21.9. The summed E-state index contributed by atoms with van der Waals surface area (Å²) in [5.74, 6) is -1.04. The van der Waals surface area contributed by atoms with E-state index in [2.05, 4.69) is 52.1 Å². The first-order chi connectivity index (χ1) is 19.6. The highest BCUT2D eigenvalue weighted by Gasteiger charge is 2.27. The summed E-state index contributed by atoms with van der Waals surface area (Å²) in [6.07, 6.45) is 0. The Balaban J connectivity index is 1.56. The van der Waals surface area contributed by atoms with E-state index in [-0.39, 0.29) is 5.56 Å². The minimum Gasteiger partial charge on any atom is -0.288 e. The molecule has 0 heterocycles. The Morgan fingerprint density at radius 2 is 1.05 bits per heavy atom. The number of aryl methyl sites for hydroxylation is 1. The summed E-state index contributed by atoms with van der Waals surface area (Å²) in [5, 5.41) is 14.3. The van der Waals surface area contributed by atoms with Crippen molar-refractivity contribution < 1.29 is 9.59 Å². The van der Waals surface area contributed by atoms with Gasteiger partial charge >= 0.3 is 0 Å². The van der Waals surface area contributed by atoms with Gasteiger partial charge in [-0.1, -0.05) is 121 Å². The number of carbonyl (C=O) groups is 2. The third kappa shape index (κ3) is 5.73. The van der Waals surface area contributed by atoms with Gasteiger partial charge in [-0.25, -0.2) is 0 Å². The molecular weight excluding hydrogens is 515 g/mol. The van der Waals surface area contributed by atoms with Crippen molar-refractivity contribution in [3.05, 3.63) is 156 Å². The minimum atomic E-state index is -2.59. The van der Waals surface area contributed by atoms with E-state index in [1.807, 2.05) is 73.7 Å². The average molecular weight is 543 g/mol. The van der Waals surface area contributed by atoms with Gasteiger partial charge in [0.25, 0.3) is 11.8 Å². The number of hydrogen-bond donors (Lipinski definition) is 1. The van der Waals surface area contributed by atoms with Gasteiger partial charge in [-0.3, -0.25) is 14.9 Å². The number of nitrogens with zero attached hydrogens (tertiary/aromatic N) is 3. The Hall–Kier alpha value is -4.93. The largest absolute Gasteiger partial charge is 0.288 e. The number of imide groups is 1. The monoisotopic (exact) mass is 542 g/mol. The highest BCUT2D eigenvalue weighted by atomic mass is 31.2. The van der Waals surface area contributed by atoms with Gasteiger partial charge in [0.1, 0.15) is 5.69 Å². The molecule has 5 aromatic carbocycles. The summed E-state index contributed by atoms with van der Waals surface area (Å²) in [6, 6.07) is 44.0. The van der Waals surface area contributed by atoms with Gasteiger partial charge in [0.05, 0.1) is 12.6 Å². The second kappa shape index (κ2) is 12.3. The van der Waals surface area contributed by atoms with Crippen LogP contribution in [-0.4, -0.2) is 11.8 Å². The van der Waals surface area contributed by atoms with Crippen LogP contribution in [0.25, 0.3) is 0 Å². The van der Waals surface area contributed by atoms with Crippen LogP contribution in [-0.2, 0) is 0 Å². The number of nitrogens with one attached hydrogen (secondary N) is 1. The fourth-order valence-corrected chi connectivity index (χ4v) is 7.54. The van der Waals surface area contributed by atoms with Gasteiger partial charge in [-0.05, 0) is 36.4 Å². The van der Waals surface area contributed by atoms with Crippen LogP contribution < -0.4 is 21.2 Å². The predicted octanol–water partition coefficient (Wildman–Crippen LogP) is 6.74. The Kier molecular flexibility index (Phi) is 8.19. The molecule has 0 unspecified atom stereocenters. The van der Waals surface area contributed by atoms with E-state index in [1.165, 1.54) is 0 Å².